The Bertz CT molecular complexity index is 435. The summed E-state index contributed by atoms with van der Waals surface area (Å²) in [5, 5.41) is 2.90. The van der Waals surface area contributed by atoms with Gasteiger partial charge in [0.05, 0.1) is 5.25 Å². The number of anilines is 1. The quantitative estimate of drug-likeness (QED) is 0.609. The van der Waals surface area contributed by atoms with E-state index in [1.165, 1.54) is 11.8 Å². The summed E-state index contributed by atoms with van der Waals surface area (Å²) >= 11 is 4.90. The molecule has 0 bridgehead atoms. The van der Waals surface area contributed by atoms with Crippen LogP contribution in [0.5, 0.6) is 0 Å². The molecule has 1 amide bonds. The predicted molar refractivity (Wildman–Crippen MR) is 86.4 cm³/mol. The van der Waals surface area contributed by atoms with Gasteiger partial charge in [0.1, 0.15) is 0 Å². The monoisotopic (exact) mass is 344 g/mol. The number of halogens is 1. The third-order valence-corrected chi connectivity index (χ3v) is 4.65. The molecule has 0 saturated heterocycles. The molecular weight excluding hydrogens is 324 g/mol. The number of carbonyl (C=O) groups is 1. The highest BCUT2D eigenvalue weighted by molar-refractivity contribution is 9.10. The van der Waals surface area contributed by atoms with E-state index in [9.17, 15) is 4.79 Å². The molecule has 1 aromatic carbocycles. The lowest BCUT2D eigenvalue weighted by Crippen LogP contribution is -2.38. The third kappa shape index (κ3) is 5.07. The van der Waals surface area contributed by atoms with Gasteiger partial charge in [-0.1, -0.05) is 29.8 Å². The molecule has 0 radical (unpaired) electrons. The van der Waals surface area contributed by atoms with Gasteiger partial charge in [-0.15, -0.1) is 11.8 Å². The number of thioether (sulfide) groups is 1. The molecule has 5 heteroatoms. The van der Waals surface area contributed by atoms with Crippen molar-refractivity contribution in [2.45, 2.75) is 49.8 Å². The summed E-state index contributed by atoms with van der Waals surface area (Å²) in [5.41, 5.74) is 6.62. The van der Waals surface area contributed by atoms with Crippen LogP contribution >= 0.6 is 27.7 Å². The number of nitrogens with one attached hydrogen (secondary N) is 1. The van der Waals surface area contributed by atoms with Crippen LogP contribution in [0.2, 0.25) is 0 Å². The van der Waals surface area contributed by atoms with E-state index >= 15 is 0 Å². The summed E-state index contributed by atoms with van der Waals surface area (Å²) in [5.74, 6) is 0.0677. The van der Waals surface area contributed by atoms with E-state index in [-0.39, 0.29) is 17.2 Å². The number of nitrogen functional groups attached to an aromatic ring is 1. The van der Waals surface area contributed by atoms with Crippen LogP contribution in [0.25, 0.3) is 0 Å². The largest absolute Gasteiger partial charge is 0.398 e. The fourth-order valence-electron chi connectivity index (χ4n) is 1.67. The number of rotatable bonds is 6. The van der Waals surface area contributed by atoms with Crippen LogP contribution in [-0.4, -0.2) is 17.2 Å². The lowest BCUT2D eigenvalue weighted by Gasteiger charge is -2.18. The van der Waals surface area contributed by atoms with Gasteiger partial charge in [-0.25, -0.2) is 0 Å². The average Bonchev–Trinajstić information content (AvgIpc) is 2.39. The molecule has 0 spiro atoms. The number of benzene rings is 1. The first-order valence-corrected chi connectivity index (χ1v) is 8.17. The zero-order valence-electron chi connectivity index (χ0n) is 11.6. The summed E-state index contributed by atoms with van der Waals surface area (Å²) in [6.45, 7) is 6.07. The van der Waals surface area contributed by atoms with Gasteiger partial charge >= 0.3 is 0 Å². The summed E-state index contributed by atoms with van der Waals surface area (Å²) in [6.07, 6.45) is 1.91. The minimum absolute atomic E-state index is 0.0677. The highest BCUT2D eigenvalue weighted by Gasteiger charge is 2.18. The second kappa shape index (κ2) is 7.80. The Labute approximate surface area is 127 Å². The van der Waals surface area contributed by atoms with Crippen molar-refractivity contribution in [3.63, 3.8) is 0 Å². The number of amides is 1. The van der Waals surface area contributed by atoms with E-state index in [0.717, 1.165) is 22.2 Å². The number of hydrogen-bond acceptors (Lipinski definition) is 3. The smallest absolute Gasteiger partial charge is 0.233 e. The van der Waals surface area contributed by atoms with Crippen LogP contribution in [0.4, 0.5) is 5.69 Å². The zero-order chi connectivity index (χ0) is 14.4. The molecule has 0 fully saturated rings. The van der Waals surface area contributed by atoms with Crippen molar-refractivity contribution >= 4 is 39.3 Å². The van der Waals surface area contributed by atoms with E-state index in [4.69, 9.17) is 5.73 Å². The molecular formula is C14H21BrN2OS. The molecule has 1 aromatic rings. The molecule has 0 aliphatic carbocycles. The molecule has 1 unspecified atom stereocenters. The maximum Gasteiger partial charge on any atom is 0.233 e. The molecule has 0 aromatic heterocycles. The average molecular weight is 345 g/mol. The van der Waals surface area contributed by atoms with E-state index in [2.05, 4.69) is 35.1 Å². The number of nitrogens with two attached hydrogens (primary N) is 1. The van der Waals surface area contributed by atoms with Crippen LogP contribution in [-0.2, 0) is 4.79 Å². The van der Waals surface area contributed by atoms with E-state index in [0.29, 0.717) is 5.69 Å². The highest BCUT2D eigenvalue weighted by Crippen LogP contribution is 2.31. The van der Waals surface area contributed by atoms with E-state index < -0.39 is 0 Å². The first-order chi connectivity index (χ1) is 8.97. The Morgan fingerprint density at radius 2 is 2.05 bits per heavy atom. The van der Waals surface area contributed by atoms with Crippen molar-refractivity contribution in [1.82, 2.24) is 5.32 Å². The summed E-state index contributed by atoms with van der Waals surface area (Å²) < 4.78 is 0.969. The van der Waals surface area contributed by atoms with Crippen LogP contribution in [0.3, 0.4) is 0 Å². The Balaban J connectivity index is 2.65. The van der Waals surface area contributed by atoms with E-state index in [1.54, 1.807) is 0 Å². The van der Waals surface area contributed by atoms with Crippen molar-refractivity contribution in [3.05, 3.63) is 22.7 Å². The lowest BCUT2D eigenvalue weighted by atomic mass is 10.2. The molecule has 106 valence electrons. The van der Waals surface area contributed by atoms with Crippen LogP contribution < -0.4 is 11.1 Å². The maximum absolute atomic E-state index is 12.1. The van der Waals surface area contributed by atoms with Crippen molar-refractivity contribution in [2.24, 2.45) is 0 Å². The second-order valence-corrected chi connectivity index (χ2v) is 6.76. The molecule has 0 heterocycles. The van der Waals surface area contributed by atoms with Crippen molar-refractivity contribution in [3.8, 4) is 0 Å². The highest BCUT2D eigenvalue weighted by atomic mass is 79.9. The van der Waals surface area contributed by atoms with Gasteiger partial charge in [-0.2, -0.15) is 0 Å². The van der Waals surface area contributed by atoms with E-state index in [1.807, 2.05) is 25.1 Å². The second-order valence-electron chi connectivity index (χ2n) is 4.46. The molecule has 0 saturated carbocycles. The fraction of sp³-hybridized carbons (Fsp3) is 0.500. The van der Waals surface area contributed by atoms with Gasteiger partial charge in [-0.05, 0) is 38.0 Å². The Morgan fingerprint density at radius 3 is 2.63 bits per heavy atom. The van der Waals surface area contributed by atoms with Gasteiger partial charge in [0.15, 0.2) is 0 Å². The molecule has 0 aliphatic heterocycles. The molecule has 3 N–H and O–H groups in total. The van der Waals surface area contributed by atoms with Crippen LogP contribution in [0.15, 0.2) is 27.6 Å². The SMILES string of the molecule is CCC(CC)NC(=O)C(C)Sc1cc(Br)ccc1N. The van der Waals surface area contributed by atoms with Gasteiger partial charge < -0.3 is 11.1 Å². The van der Waals surface area contributed by atoms with Crippen LogP contribution in [0.1, 0.15) is 33.6 Å². The minimum Gasteiger partial charge on any atom is -0.398 e. The Morgan fingerprint density at radius 1 is 1.42 bits per heavy atom. The fourth-order valence-corrected chi connectivity index (χ4v) is 3.13. The van der Waals surface area contributed by atoms with Crippen molar-refractivity contribution < 1.29 is 4.79 Å². The number of hydrogen-bond donors (Lipinski definition) is 2. The Hall–Kier alpha value is -0.680. The predicted octanol–water partition coefficient (Wildman–Crippen LogP) is 3.82. The first-order valence-electron chi connectivity index (χ1n) is 6.50. The van der Waals surface area contributed by atoms with Crippen molar-refractivity contribution in [2.75, 3.05) is 5.73 Å². The molecule has 1 atom stereocenters. The lowest BCUT2D eigenvalue weighted by molar-refractivity contribution is -0.121. The molecule has 19 heavy (non-hydrogen) atoms. The third-order valence-electron chi connectivity index (χ3n) is 2.98. The maximum atomic E-state index is 12.1. The van der Waals surface area contributed by atoms with Gasteiger partial charge in [0.2, 0.25) is 5.91 Å². The summed E-state index contributed by atoms with van der Waals surface area (Å²) in [4.78, 5) is 13.0. The summed E-state index contributed by atoms with van der Waals surface area (Å²) in [6, 6.07) is 5.95. The minimum atomic E-state index is -0.155. The van der Waals surface area contributed by atoms with Gasteiger partial charge in [-0.3, -0.25) is 4.79 Å². The van der Waals surface area contributed by atoms with Gasteiger partial charge in [0, 0.05) is 21.1 Å². The topological polar surface area (TPSA) is 55.1 Å². The van der Waals surface area contributed by atoms with Crippen LogP contribution in [0, 0.1) is 0 Å². The Kier molecular flexibility index (Phi) is 6.72. The molecule has 3 nitrogen and oxygen atoms in total. The summed E-state index contributed by atoms with van der Waals surface area (Å²) in [7, 11) is 0. The van der Waals surface area contributed by atoms with Crippen molar-refractivity contribution in [1.29, 1.82) is 0 Å². The molecule has 0 aliphatic rings. The standard InChI is InChI=1S/C14H21BrN2OS/c1-4-11(5-2)17-14(18)9(3)19-13-8-10(15)6-7-12(13)16/h6-9,11H,4-5,16H2,1-3H3,(H,17,18). The first kappa shape index (κ1) is 16.4. The number of carbonyl (C=O) groups excluding carboxylic acids is 1. The normalized spacial score (nSPS) is 12.5. The van der Waals surface area contributed by atoms with Gasteiger partial charge in [0.25, 0.3) is 0 Å². The zero-order valence-corrected chi connectivity index (χ0v) is 14.0. The molecule has 1 rings (SSSR count).